The van der Waals surface area contributed by atoms with Crippen molar-refractivity contribution in [3.63, 3.8) is 0 Å². The molecule has 2 unspecified atom stereocenters. The molecule has 1 aromatic rings. The molecule has 150 valence electrons. The van der Waals surface area contributed by atoms with Gasteiger partial charge in [-0.2, -0.15) is 0 Å². The average Bonchev–Trinajstić information content (AvgIpc) is 2.62. The highest BCUT2D eigenvalue weighted by molar-refractivity contribution is 6.46. The number of carbonyl (C=O) groups excluding carboxylic acids is 2. The van der Waals surface area contributed by atoms with E-state index in [2.05, 4.69) is 13.8 Å². The Morgan fingerprint density at radius 1 is 1.11 bits per heavy atom. The summed E-state index contributed by atoms with van der Waals surface area (Å²) in [6.07, 6.45) is 2.70. The summed E-state index contributed by atoms with van der Waals surface area (Å²) in [5, 5.41) is 8.17. The van der Waals surface area contributed by atoms with Crippen molar-refractivity contribution in [3.8, 4) is 5.75 Å². The van der Waals surface area contributed by atoms with Crippen LogP contribution >= 0.6 is 34.8 Å². The predicted octanol–water partition coefficient (Wildman–Crippen LogP) is 5.26. The molecule has 0 saturated heterocycles. The van der Waals surface area contributed by atoms with E-state index in [1.54, 1.807) is 0 Å². The molecule has 0 heterocycles. The zero-order chi connectivity index (χ0) is 20.7. The fourth-order valence-electron chi connectivity index (χ4n) is 2.35. The molecule has 6 nitrogen and oxygen atoms in total. The number of halogens is 3. The van der Waals surface area contributed by atoms with Gasteiger partial charge in [-0.25, -0.2) is 14.4 Å². The van der Waals surface area contributed by atoms with E-state index in [-0.39, 0.29) is 33.2 Å². The van der Waals surface area contributed by atoms with Crippen LogP contribution in [0.25, 0.3) is 0 Å². The lowest BCUT2D eigenvalue weighted by molar-refractivity contribution is -0.158. The van der Waals surface area contributed by atoms with Crippen LogP contribution in [-0.4, -0.2) is 29.6 Å². The molecule has 1 aromatic carbocycles. The number of carboxylic acid groups (broad SMARTS) is 1. The molecule has 0 aliphatic carbocycles. The monoisotopic (exact) mass is 438 g/mol. The van der Waals surface area contributed by atoms with Crippen molar-refractivity contribution >= 4 is 52.7 Å². The standard InChI is InChI=1S/C18H21Cl3O6/c1-4-9(3)6-10(5-2)8-26-17(24)13-14(21)11(19)7-12(20)15(13)27-18(25)16(22)23/h7,9-10H,4-6,8H2,1-3H3,(H,22,23). The first-order valence-corrected chi connectivity index (χ1v) is 9.55. The molecule has 0 amide bonds. The first-order chi connectivity index (χ1) is 12.6. The van der Waals surface area contributed by atoms with E-state index in [0.29, 0.717) is 5.92 Å². The minimum absolute atomic E-state index is 0.0598. The number of ether oxygens (including phenoxy) is 2. The molecule has 0 radical (unpaired) electrons. The molecule has 1 rings (SSSR count). The van der Waals surface area contributed by atoms with E-state index < -0.39 is 23.7 Å². The van der Waals surface area contributed by atoms with E-state index in [9.17, 15) is 14.4 Å². The third-order valence-electron chi connectivity index (χ3n) is 4.16. The summed E-state index contributed by atoms with van der Waals surface area (Å²) in [6, 6.07) is 1.14. The van der Waals surface area contributed by atoms with Gasteiger partial charge in [0, 0.05) is 0 Å². The second-order valence-corrected chi connectivity index (χ2v) is 7.37. The molecule has 0 fully saturated rings. The second kappa shape index (κ2) is 10.7. The van der Waals surface area contributed by atoms with Crippen LogP contribution in [0.1, 0.15) is 50.4 Å². The molecular weight excluding hydrogens is 419 g/mol. The quantitative estimate of drug-likeness (QED) is 0.257. The second-order valence-electron chi connectivity index (χ2n) is 6.17. The topological polar surface area (TPSA) is 89.9 Å². The summed E-state index contributed by atoms with van der Waals surface area (Å²) in [7, 11) is 0. The number of carboxylic acids is 1. The summed E-state index contributed by atoms with van der Waals surface area (Å²) >= 11 is 17.9. The number of benzene rings is 1. The third kappa shape index (κ3) is 6.55. The van der Waals surface area contributed by atoms with Crippen LogP contribution in [0.5, 0.6) is 5.75 Å². The summed E-state index contributed by atoms with van der Waals surface area (Å²) < 4.78 is 10.0. The number of rotatable bonds is 8. The van der Waals surface area contributed by atoms with Crippen LogP contribution in [0.15, 0.2) is 6.07 Å². The maximum atomic E-state index is 12.6. The molecule has 0 bridgehead atoms. The summed E-state index contributed by atoms with van der Waals surface area (Å²) in [5.41, 5.74) is -0.387. The van der Waals surface area contributed by atoms with Crippen LogP contribution in [0.3, 0.4) is 0 Å². The van der Waals surface area contributed by atoms with Crippen molar-refractivity contribution in [2.45, 2.75) is 40.0 Å². The molecule has 0 saturated carbocycles. The number of hydrogen-bond acceptors (Lipinski definition) is 5. The molecular formula is C18H21Cl3O6. The first kappa shape index (κ1) is 23.5. The Morgan fingerprint density at radius 3 is 2.26 bits per heavy atom. The zero-order valence-corrected chi connectivity index (χ0v) is 17.5. The maximum Gasteiger partial charge on any atom is 0.422 e. The van der Waals surface area contributed by atoms with Gasteiger partial charge in [-0.05, 0) is 24.3 Å². The van der Waals surface area contributed by atoms with Crippen LogP contribution in [0.4, 0.5) is 0 Å². The molecule has 27 heavy (non-hydrogen) atoms. The fraction of sp³-hybridized carbons (Fsp3) is 0.500. The van der Waals surface area contributed by atoms with E-state index in [1.807, 2.05) is 6.92 Å². The molecule has 0 aliphatic rings. The SMILES string of the molecule is CCC(C)CC(CC)COC(=O)c1c(Cl)c(Cl)cc(Cl)c1OC(=O)C(=O)O. The van der Waals surface area contributed by atoms with E-state index in [4.69, 9.17) is 49.4 Å². The van der Waals surface area contributed by atoms with E-state index in [0.717, 1.165) is 25.3 Å². The highest BCUT2D eigenvalue weighted by atomic mass is 35.5. The maximum absolute atomic E-state index is 12.6. The average molecular weight is 440 g/mol. The number of esters is 2. The van der Waals surface area contributed by atoms with Gasteiger partial charge in [-0.15, -0.1) is 0 Å². The van der Waals surface area contributed by atoms with Crippen LogP contribution in [0, 0.1) is 11.8 Å². The summed E-state index contributed by atoms with van der Waals surface area (Å²) in [4.78, 5) is 34.7. The Labute approximate surface area is 172 Å². The minimum Gasteiger partial charge on any atom is -0.473 e. The fourth-order valence-corrected chi connectivity index (χ4v) is 3.07. The van der Waals surface area contributed by atoms with Crippen molar-refractivity contribution in [3.05, 3.63) is 26.7 Å². The Morgan fingerprint density at radius 2 is 1.74 bits per heavy atom. The van der Waals surface area contributed by atoms with Gasteiger partial charge >= 0.3 is 17.9 Å². The lowest BCUT2D eigenvalue weighted by atomic mass is 9.93. The predicted molar refractivity (Wildman–Crippen MR) is 103 cm³/mol. The highest BCUT2D eigenvalue weighted by Crippen LogP contribution is 2.40. The minimum atomic E-state index is -1.85. The van der Waals surface area contributed by atoms with Crippen molar-refractivity contribution in [2.75, 3.05) is 6.61 Å². The van der Waals surface area contributed by atoms with Crippen LogP contribution in [0.2, 0.25) is 15.1 Å². The molecule has 2 atom stereocenters. The van der Waals surface area contributed by atoms with Crippen molar-refractivity contribution < 1.29 is 29.0 Å². The third-order valence-corrected chi connectivity index (χ3v) is 5.23. The molecule has 0 aliphatic heterocycles. The van der Waals surface area contributed by atoms with Gasteiger partial charge < -0.3 is 14.6 Å². The Kier molecular flexibility index (Phi) is 9.36. The van der Waals surface area contributed by atoms with Crippen LogP contribution < -0.4 is 4.74 Å². The largest absolute Gasteiger partial charge is 0.473 e. The Hall–Kier alpha value is -1.50. The molecule has 0 spiro atoms. The van der Waals surface area contributed by atoms with Crippen molar-refractivity contribution in [1.29, 1.82) is 0 Å². The van der Waals surface area contributed by atoms with Gasteiger partial charge in [0.2, 0.25) is 0 Å². The highest BCUT2D eigenvalue weighted by Gasteiger charge is 2.28. The zero-order valence-electron chi connectivity index (χ0n) is 15.2. The van der Waals surface area contributed by atoms with Crippen LogP contribution in [-0.2, 0) is 14.3 Å². The van der Waals surface area contributed by atoms with Gasteiger partial charge in [0.25, 0.3) is 0 Å². The smallest absolute Gasteiger partial charge is 0.422 e. The number of carbonyl (C=O) groups is 3. The van der Waals surface area contributed by atoms with E-state index in [1.165, 1.54) is 0 Å². The summed E-state index contributed by atoms with van der Waals surface area (Å²) in [5.74, 6) is -4.26. The number of aliphatic carboxylic acids is 1. The van der Waals surface area contributed by atoms with Gasteiger partial charge in [0.05, 0.1) is 21.7 Å². The number of hydrogen-bond donors (Lipinski definition) is 1. The lowest BCUT2D eigenvalue weighted by Crippen LogP contribution is -2.22. The molecule has 1 N–H and O–H groups in total. The van der Waals surface area contributed by atoms with Gasteiger partial charge in [0.1, 0.15) is 5.56 Å². The van der Waals surface area contributed by atoms with Crippen molar-refractivity contribution in [1.82, 2.24) is 0 Å². The Balaban J connectivity index is 3.10. The summed E-state index contributed by atoms with van der Waals surface area (Å²) in [6.45, 7) is 6.32. The lowest BCUT2D eigenvalue weighted by Gasteiger charge is -2.19. The van der Waals surface area contributed by atoms with E-state index >= 15 is 0 Å². The first-order valence-electron chi connectivity index (χ1n) is 8.41. The van der Waals surface area contributed by atoms with Gasteiger partial charge in [-0.3, -0.25) is 0 Å². The molecule has 0 aromatic heterocycles. The van der Waals surface area contributed by atoms with Gasteiger partial charge in [0.15, 0.2) is 5.75 Å². The normalized spacial score (nSPS) is 13.0. The van der Waals surface area contributed by atoms with Gasteiger partial charge in [-0.1, -0.05) is 68.4 Å². The molecule has 9 heteroatoms. The van der Waals surface area contributed by atoms with Crippen molar-refractivity contribution in [2.24, 2.45) is 11.8 Å². The Bertz CT molecular complexity index is 720.